The van der Waals surface area contributed by atoms with E-state index in [2.05, 4.69) is 21.0 Å². The lowest BCUT2D eigenvalue weighted by atomic mass is 9.75. The number of Topliss-reactive ketones (excluding diaryl/α,β-unsaturated/α-hetero) is 1. The number of aliphatic hydroxyl groups excluding tert-OH is 1. The van der Waals surface area contributed by atoms with Crippen LogP contribution >= 0.6 is 0 Å². The normalized spacial score (nSPS) is 23.1. The van der Waals surface area contributed by atoms with Crippen LogP contribution in [-0.4, -0.2) is 73.8 Å². The molecule has 17 heteroatoms. The van der Waals surface area contributed by atoms with Crippen molar-refractivity contribution in [3.63, 3.8) is 0 Å². The molecule has 2 fully saturated rings. The molecule has 0 bridgehead atoms. The van der Waals surface area contributed by atoms with Gasteiger partial charge in [0.15, 0.2) is 11.5 Å². The van der Waals surface area contributed by atoms with E-state index in [1.165, 1.54) is 23.1 Å². The minimum absolute atomic E-state index is 0.0396. The zero-order chi connectivity index (χ0) is 38.7. The summed E-state index contributed by atoms with van der Waals surface area (Å²) in [5.41, 5.74) is 5.71. The first-order chi connectivity index (χ1) is 25.5. The SMILES string of the molecule is CC1(C)CC(=O)c2c(C(F)(F)F)nn(-c3ccc(C(N)=O)c(N[C@H]4CC[C@H](O[C@H](O)Nc5cccc6c5CN(C5CCC(=O)NC5=O)C6=O)CC4)c3)c2C1. The van der Waals surface area contributed by atoms with E-state index in [0.29, 0.717) is 48.2 Å². The average Bonchev–Trinajstić information content (AvgIpc) is 3.64. The minimum Gasteiger partial charge on any atom is -0.382 e. The molecule has 0 radical (unpaired) electrons. The van der Waals surface area contributed by atoms with Crippen molar-refractivity contribution in [3.8, 4) is 5.69 Å². The summed E-state index contributed by atoms with van der Waals surface area (Å²) in [7, 11) is 0. The number of rotatable bonds is 9. The second kappa shape index (κ2) is 13.8. The number of imide groups is 1. The predicted octanol–water partition coefficient (Wildman–Crippen LogP) is 4.03. The molecule has 1 saturated carbocycles. The number of carbonyl (C=O) groups is 5. The number of piperidine rings is 1. The Hall–Kier alpha value is -5.29. The highest BCUT2D eigenvalue weighted by Gasteiger charge is 2.46. The van der Waals surface area contributed by atoms with Crippen molar-refractivity contribution >= 4 is 40.8 Å². The first-order valence-electron chi connectivity index (χ1n) is 17.8. The molecule has 1 aromatic heterocycles. The first kappa shape index (κ1) is 37.0. The second-order valence-corrected chi connectivity index (χ2v) is 15.1. The van der Waals surface area contributed by atoms with E-state index in [-0.39, 0.29) is 73.1 Å². The van der Waals surface area contributed by atoms with Crippen LogP contribution in [0, 0.1) is 5.41 Å². The summed E-state index contributed by atoms with van der Waals surface area (Å²) in [4.78, 5) is 64.0. The third kappa shape index (κ3) is 7.16. The molecular formula is C37H40F3N7O7. The molecule has 2 aromatic carbocycles. The smallest absolute Gasteiger partial charge is 0.382 e. The van der Waals surface area contributed by atoms with E-state index in [9.17, 15) is 42.3 Å². The van der Waals surface area contributed by atoms with Crippen molar-refractivity contribution in [2.75, 3.05) is 10.6 Å². The molecule has 7 rings (SSSR count). The van der Waals surface area contributed by atoms with Crippen molar-refractivity contribution in [2.24, 2.45) is 11.1 Å². The van der Waals surface area contributed by atoms with Gasteiger partial charge in [-0.3, -0.25) is 29.3 Å². The lowest BCUT2D eigenvalue weighted by Crippen LogP contribution is -2.52. The summed E-state index contributed by atoms with van der Waals surface area (Å²) in [5, 5.41) is 23.2. The van der Waals surface area contributed by atoms with E-state index in [1.54, 1.807) is 18.2 Å². The van der Waals surface area contributed by atoms with Gasteiger partial charge in [-0.15, -0.1) is 0 Å². The molecule has 1 saturated heterocycles. The van der Waals surface area contributed by atoms with E-state index in [1.807, 2.05) is 13.8 Å². The van der Waals surface area contributed by atoms with Crippen LogP contribution in [0.1, 0.15) is 107 Å². The fourth-order valence-corrected chi connectivity index (χ4v) is 7.99. The topological polar surface area (TPSA) is 198 Å². The highest BCUT2D eigenvalue weighted by molar-refractivity contribution is 6.06. The van der Waals surface area contributed by atoms with Crippen LogP contribution in [0.3, 0.4) is 0 Å². The van der Waals surface area contributed by atoms with Gasteiger partial charge in [-0.05, 0) is 74.3 Å². The highest BCUT2D eigenvalue weighted by Crippen LogP contribution is 2.42. The number of nitrogens with two attached hydrogens (primary N) is 1. The summed E-state index contributed by atoms with van der Waals surface area (Å²) < 4.78 is 49.2. The van der Waals surface area contributed by atoms with Gasteiger partial charge in [0.1, 0.15) is 6.04 Å². The number of aliphatic hydroxyl groups is 1. The third-order valence-electron chi connectivity index (χ3n) is 10.5. The fraction of sp³-hybridized carbons (Fsp3) is 0.459. The van der Waals surface area contributed by atoms with E-state index in [0.717, 1.165) is 4.68 Å². The van der Waals surface area contributed by atoms with Gasteiger partial charge in [0, 0.05) is 47.9 Å². The second-order valence-electron chi connectivity index (χ2n) is 15.1. The van der Waals surface area contributed by atoms with Gasteiger partial charge in [0.2, 0.25) is 18.2 Å². The number of primary amides is 1. The fourth-order valence-electron chi connectivity index (χ4n) is 7.99. The van der Waals surface area contributed by atoms with Gasteiger partial charge < -0.3 is 31.1 Å². The molecule has 14 nitrogen and oxygen atoms in total. The van der Waals surface area contributed by atoms with Gasteiger partial charge in [0.05, 0.1) is 28.6 Å². The largest absolute Gasteiger partial charge is 0.435 e. The number of fused-ring (bicyclic) bond motifs is 2. The molecule has 1 unspecified atom stereocenters. The molecule has 2 aliphatic carbocycles. The van der Waals surface area contributed by atoms with Gasteiger partial charge in [-0.2, -0.15) is 18.3 Å². The van der Waals surface area contributed by atoms with Gasteiger partial charge in [-0.1, -0.05) is 19.9 Å². The van der Waals surface area contributed by atoms with Crippen LogP contribution in [0.15, 0.2) is 36.4 Å². The van der Waals surface area contributed by atoms with Crippen LogP contribution in [0.25, 0.3) is 5.69 Å². The Bertz CT molecular complexity index is 2050. The lowest BCUT2D eigenvalue weighted by Gasteiger charge is -2.32. The van der Waals surface area contributed by atoms with E-state index >= 15 is 0 Å². The zero-order valence-electron chi connectivity index (χ0n) is 29.6. The Kier molecular flexibility index (Phi) is 9.50. The van der Waals surface area contributed by atoms with Crippen molar-refractivity contribution in [1.29, 1.82) is 0 Å². The molecule has 4 aliphatic rings. The Morgan fingerprint density at radius 1 is 1.06 bits per heavy atom. The molecule has 286 valence electrons. The van der Waals surface area contributed by atoms with Crippen LogP contribution in [0.2, 0.25) is 0 Å². The summed E-state index contributed by atoms with van der Waals surface area (Å²) in [5.74, 6) is -2.60. The third-order valence-corrected chi connectivity index (χ3v) is 10.5. The monoisotopic (exact) mass is 751 g/mol. The molecule has 6 N–H and O–H groups in total. The van der Waals surface area contributed by atoms with Crippen LogP contribution in [-0.2, 0) is 33.5 Å². The number of alkyl halides is 3. The number of anilines is 2. The number of benzene rings is 2. The molecule has 54 heavy (non-hydrogen) atoms. The predicted molar refractivity (Wildman–Crippen MR) is 186 cm³/mol. The maximum Gasteiger partial charge on any atom is 0.435 e. The van der Waals surface area contributed by atoms with Crippen LogP contribution in [0.4, 0.5) is 24.5 Å². The number of hydrogen-bond donors (Lipinski definition) is 5. The molecule has 2 atom stereocenters. The number of ether oxygens (including phenoxy) is 1. The standard InChI is InChI=1S/C37H40F3N7O7/c1-36(2)15-27-30(28(48)16-36)31(37(38,39)40)45-47(27)19-8-11-22(32(41)50)25(14-19)42-18-6-9-20(10-7-18)54-35(53)43-24-5-3-4-21-23(24)17-46(34(21)52)26-12-13-29(49)44-33(26)51/h3-5,8,11,14,18,20,26,35,42-43,53H,6-7,9-10,12-13,15-17H2,1-2H3,(H2,41,50)(H,44,49,51)/t18-,20-,26?,35-/m0/s1. The van der Waals surface area contributed by atoms with Gasteiger partial charge >= 0.3 is 6.18 Å². The summed E-state index contributed by atoms with van der Waals surface area (Å²) in [6.07, 6.45) is -4.01. The summed E-state index contributed by atoms with van der Waals surface area (Å²) in [6, 6.07) is 8.42. The van der Waals surface area contributed by atoms with Gasteiger partial charge in [-0.25, -0.2) is 4.68 Å². The van der Waals surface area contributed by atoms with Crippen LogP contribution < -0.4 is 21.7 Å². The Labute approximate surface area is 307 Å². The molecule has 0 spiro atoms. The highest BCUT2D eigenvalue weighted by atomic mass is 19.4. The Balaban J connectivity index is 1.01. The maximum absolute atomic E-state index is 14.0. The summed E-state index contributed by atoms with van der Waals surface area (Å²) >= 11 is 0. The number of hydrogen-bond acceptors (Lipinski definition) is 10. The maximum atomic E-state index is 14.0. The van der Waals surface area contributed by atoms with Crippen molar-refractivity contribution < 1.29 is 47.0 Å². The average molecular weight is 752 g/mol. The Morgan fingerprint density at radius 3 is 2.48 bits per heavy atom. The van der Waals surface area contributed by atoms with Crippen LogP contribution in [0.5, 0.6) is 0 Å². The quantitative estimate of drug-likeness (QED) is 0.157. The number of carbonyl (C=O) groups excluding carboxylic acids is 5. The number of nitrogens with zero attached hydrogens (tertiary/aromatic N) is 3. The van der Waals surface area contributed by atoms with Gasteiger partial charge in [0.25, 0.3) is 11.8 Å². The number of ketones is 1. The van der Waals surface area contributed by atoms with Crippen molar-refractivity contribution in [2.45, 2.75) is 103 Å². The summed E-state index contributed by atoms with van der Waals surface area (Å²) in [6.45, 7) is 3.74. The molecule has 4 amide bonds. The lowest BCUT2D eigenvalue weighted by molar-refractivity contribution is -0.141. The minimum atomic E-state index is -4.84. The van der Waals surface area contributed by atoms with Crippen molar-refractivity contribution in [1.82, 2.24) is 20.0 Å². The number of nitrogens with one attached hydrogen (secondary N) is 3. The molecule has 3 heterocycles. The Morgan fingerprint density at radius 2 is 1.80 bits per heavy atom. The first-order valence-corrected chi connectivity index (χ1v) is 17.8. The molecule has 3 aromatic rings. The molecule has 2 aliphatic heterocycles. The number of halogens is 3. The number of amides is 4. The molecular weight excluding hydrogens is 711 g/mol. The number of aromatic nitrogens is 2. The van der Waals surface area contributed by atoms with E-state index in [4.69, 9.17) is 10.5 Å². The zero-order valence-corrected chi connectivity index (χ0v) is 29.6. The van der Waals surface area contributed by atoms with E-state index < -0.39 is 52.9 Å². The van der Waals surface area contributed by atoms with Crippen molar-refractivity contribution in [3.05, 3.63) is 70.0 Å².